The third-order valence-electron chi connectivity index (χ3n) is 5.11. The maximum Gasteiger partial charge on any atom is 0.353 e. The van der Waals surface area contributed by atoms with Gasteiger partial charge < -0.3 is 4.90 Å². The van der Waals surface area contributed by atoms with E-state index >= 15 is 0 Å². The number of halogens is 3. The summed E-state index contributed by atoms with van der Waals surface area (Å²) in [6.45, 7) is 5.54. The molecule has 29 heavy (non-hydrogen) atoms. The van der Waals surface area contributed by atoms with E-state index in [2.05, 4.69) is 38.4 Å². The number of benzene rings is 2. The lowest BCUT2D eigenvalue weighted by atomic mass is 10.1. The summed E-state index contributed by atoms with van der Waals surface area (Å²) in [4.78, 5) is 16.2. The maximum absolute atomic E-state index is 14.8. The molecule has 0 N–H and O–H groups in total. The summed E-state index contributed by atoms with van der Waals surface area (Å²) in [6.07, 6.45) is 0. The molecular formula is C21H25F3N3OP. The van der Waals surface area contributed by atoms with Gasteiger partial charge in [-0.1, -0.05) is 46.4 Å². The van der Waals surface area contributed by atoms with Crippen molar-refractivity contribution < 1.29 is 18.1 Å². The van der Waals surface area contributed by atoms with Gasteiger partial charge in [0.15, 0.2) is 0 Å². The number of piperazine rings is 1. The first kappa shape index (κ1) is 21.6. The maximum atomic E-state index is 14.8. The molecule has 2 aromatic rings. The number of anilines is 1. The van der Waals surface area contributed by atoms with Crippen LogP contribution >= 0.6 is 9.24 Å². The highest BCUT2D eigenvalue weighted by atomic mass is 31.0. The molecule has 1 atom stereocenters. The Bertz CT molecular complexity index is 862. The third-order valence-corrected chi connectivity index (χ3v) is 5.71. The molecule has 0 radical (unpaired) electrons. The van der Waals surface area contributed by atoms with Crippen molar-refractivity contribution in [1.82, 2.24) is 9.80 Å². The zero-order valence-corrected chi connectivity index (χ0v) is 17.7. The first-order valence-electron chi connectivity index (χ1n) is 9.46. The zero-order valence-electron chi connectivity index (χ0n) is 16.5. The summed E-state index contributed by atoms with van der Waals surface area (Å²) in [5.41, 5.74) is 1.89. The normalized spacial score (nSPS) is 15.4. The van der Waals surface area contributed by atoms with Crippen molar-refractivity contribution in [1.29, 1.82) is 0 Å². The van der Waals surface area contributed by atoms with Crippen LogP contribution in [-0.2, 0) is 12.5 Å². The molecule has 0 spiro atoms. The first-order chi connectivity index (χ1) is 13.7. The first-order valence-corrected chi connectivity index (χ1v) is 10.0. The molecule has 1 heterocycles. The van der Waals surface area contributed by atoms with E-state index in [1.54, 1.807) is 0 Å². The van der Waals surface area contributed by atoms with Gasteiger partial charge in [0.1, 0.15) is 0 Å². The number of hydrogen-bond donors (Lipinski definition) is 0. The van der Waals surface area contributed by atoms with E-state index in [1.807, 2.05) is 6.92 Å². The number of nitrogens with zero attached hydrogens (tertiary/aromatic N) is 3. The van der Waals surface area contributed by atoms with Crippen LogP contribution in [0.5, 0.6) is 0 Å². The minimum Gasteiger partial charge on any atom is -0.320 e. The Labute approximate surface area is 171 Å². The van der Waals surface area contributed by atoms with E-state index in [4.69, 9.17) is 0 Å². The van der Waals surface area contributed by atoms with Crippen molar-refractivity contribution in [3.8, 4) is 0 Å². The molecule has 3 rings (SSSR count). The molecule has 1 aliphatic heterocycles. The molecule has 1 unspecified atom stereocenters. The Kier molecular flexibility index (Phi) is 6.49. The van der Waals surface area contributed by atoms with E-state index in [0.29, 0.717) is 26.2 Å². The topological polar surface area (TPSA) is 26.8 Å². The second-order valence-corrected chi connectivity index (χ2v) is 8.02. The van der Waals surface area contributed by atoms with Crippen LogP contribution in [-0.4, -0.2) is 42.0 Å². The van der Waals surface area contributed by atoms with E-state index in [9.17, 15) is 18.1 Å². The summed E-state index contributed by atoms with van der Waals surface area (Å²) in [5, 5.41) is -0.0541. The molecule has 1 fully saturated rings. The number of hydrogen-bond acceptors (Lipinski definition) is 2. The Morgan fingerprint density at radius 1 is 1.10 bits per heavy atom. The van der Waals surface area contributed by atoms with Crippen LogP contribution in [0.15, 0.2) is 42.5 Å². The lowest BCUT2D eigenvalue weighted by molar-refractivity contribution is 0.0186. The molecule has 2 aromatic carbocycles. The van der Waals surface area contributed by atoms with E-state index in [-0.39, 0.29) is 21.7 Å². The van der Waals surface area contributed by atoms with Gasteiger partial charge in [-0.3, -0.25) is 4.90 Å². The molecule has 1 aliphatic rings. The Balaban J connectivity index is 1.62. The fourth-order valence-electron chi connectivity index (χ4n) is 3.38. The number of alkyl halides is 2. The summed E-state index contributed by atoms with van der Waals surface area (Å²) >= 11 is 0. The average molecular weight is 423 g/mol. The number of urea groups is 1. The van der Waals surface area contributed by atoms with Crippen molar-refractivity contribution in [3.63, 3.8) is 0 Å². The van der Waals surface area contributed by atoms with Gasteiger partial charge in [0, 0.05) is 50.5 Å². The van der Waals surface area contributed by atoms with Gasteiger partial charge in [0.2, 0.25) is 0 Å². The van der Waals surface area contributed by atoms with Gasteiger partial charge in [-0.2, -0.15) is 0 Å². The monoisotopic (exact) mass is 423 g/mol. The predicted octanol–water partition coefficient (Wildman–Crippen LogP) is 4.24. The van der Waals surface area contributed by atoms with Crippen LogP contribution in [0.1, 0.15) is 23.6 Å². The molecule has 1 saturated heterocycles. The van der Waals surface area contributed by atoms with Crippen molar-refractivity contribution in [3.05, 3.63) is 59.2 Å². The zero-order chi connectivity index (χ0) is 21.2. The van der Waals surface area contributed by atoms with Gasteiger partial charge in [-0.15, -0.1) is 14.4 Å². The molecule has 0 aromatic heterocycles. The quantitative estimate of drug-likeness (QED) is 0.544. The lowest BCUT2D eigenvalue weighted by Crippen LogP contribution is -2.51. The number of carbonyl (C=O) groups is 1. The fraction of sp³-hybridized carbons (Fsp3) is 0.381. The molecule has 4 nitrogen and oxygen atoms in total. The molecule has 2 amide bonds. The van der Waals surface area contributed by atoms with Gasteiger partial charge in [0.25, 0.3) is 5.92 Å². The second-order valence-electron chi connectivity index (χ2n) is 7.44. The molecule has 0 saturated carbocycles. The Morgan fingerprint density at radius 3 is 2.31 bits per heavy atom. The van der Waals surface area contributed by atoms with Gasteiger partial charge in [-0.05, 0) is 18.6 Å². The summed E-state index contributed by atoms with van der Waals surface area (Å²) < 4.78 is 42.2. The molecular weight excluding hydrogens is 398 g/mol. The number of rotatable bonds is 4. The summed E-state index contributed by atoms with van der Waals surface area (Å²) in [7, 11) is 2.12. The second kappa shape index (κ2) is 8.72. The highest BCUT2D eigenvalue weighted by molar-refractivity contribution is 7.28. The minimum absolute atomic E-state index is 0.0196. The van der Waals surface area contributed by atoms with Crippen LogP contribution < -0.4 is 10.4 Å². The highest BCUT2D eigenvalue weighted by Gasteiger charge is 2.32. The predicted molar refractivity (Wildman–Crippen MR) is 112 cm³/mol. The molecule has 156 valence electrons. The van der Waals surface area contributed by atoms with E-state index in [1.165, 1.54) is 34.2 Å². The van der Waals surface area contributed by atoms with Gasteiger partial charge in [0.05, 0.1) is 5.69 Å². The number of aryl methyl sites for hydroxylation is 1. The molecule has 0 bridgehead atoms. The van der Waals surface area contributed by atoms with Crippen LogP contribution in [0.4, 0.5) is 23.7 Å². The Morgan fingerprint density at radius 2 is 1.72 bits per heavy atom. The SMILES string of the molecule is Cc1ccc(CN2CCN(C(=O)N(F)c3cccc(C(C)(F)F)c3P)CC2)cc1. The lowest BCUT2D eigenvalue weighted by Gasteiger charge is -2.35. The van der Waals surface area contributed by atoms with E-state index in [0.717, 1.165) is 13.5 Å². The standard InChI is InChI=1S/C21H25F3N3OP/c1-15-6-8-16(9-7-15)14-25-10-12-26(13-11-25)20(28)27(24)18-5-3-4-17(19(18)29)21(2,22)23/h3-9H,10-14,29H2,1-2H3. The highest BCUT2D eigenvalue weighted by Crippen LogP contribution is 2.30. The van der Waals surface area contributed by atoms with Crippen molar-refractivity contribution >= 4 is 26.3 Å². The number of amides is 2. The van der Waals surface area contributed by atoms with Crippen LogP contribution in [0.3, 0.4) is 0 Å². The van der Waals surface area contributed by atoms with Gasteiger partial charge >= 0.3 is 6.03 Å². The van der Waals surface area contributed by atoms with Crippen LogP contribution in [0, 0.1) is 6.92 Å². The summed E-state index contributed by atoms with van der Waals surface area (Å²) in [5.74, 6) is -3.13. The average Bonchev–Trinajstić information content (AvgIpc) is 2.68. The van der Waals surface area contributed by atoms with Crippen LogP contribution in [0.25, 0.3) is 0 Å². The van der Waals surface area contributed by atoms with Crippen molar-refractivity contribution in [2.75, 3.05) is 31.3 Å². The van der Waals surface area contributed by atoms with Gasteiger partial charge in [-0.25, -0.2) is 13.6 Å². The van der Waals surface area contributed by atoms with E-state index < -0.39 is 12.0 Å². The van der Waals surface area contributed by atoms with Crippen molar-refractivity contribution in [2.45, 2.75) is 26.3 Å². The largest absolute Gasteiger partial charge is 0.353 e. The Hall–Kier alpha value is -2.11. The van der Waals surface area contributed by atoms with Crippen molar-refractivity contribution in [2.24, 2.45) is 0 Å². The smallest absolute Gasteiger partial charge is 0.320 e. The molecule has 8 heteroatoms. The fourth-order valence-corrected chi connectivity index (χ4v) is 3.94. The van der Waals surface area contributed by atoms with Crippen LogP contribution in [0.2, 0.25) is 0 Å². The minimum atomic E-state index is -3.13. The summed E-state index contributed by atoms with van der Waals surface area (Å²) in [6, 6.07) is 11.3. The molecule has 0 aliphatic carbocycles. The number of carbonyl (C=O) groups excluding carboxylic acids is 1. The third kappa shape index (κ3) is 5.09.